The van der Waals surface area contributed by atoms with Gasteiger partial charge in [-0.1, -0.05) is 58.0 Å². The first-order valence-corrected chi connectivity index (χ1v) is 7.69. The fourth-order valence-electron chi connectivity index (χ4n) is 1.66. The lowest BCUT2D eigenvalue weighted by Gasteiger charge is -2.00. The first-order valence-electron chi connectivity index (χ1n) is 5.37. The fraction of sp³-hybridized carbons (Fsp3) is 0.143. The monoisotopic (exact) mass is 244 g/mol. The quantitative estimate of drug-likeness (QED) is 0.618. The van der Waals surface area contributed by atoms with E-state index in [0.717, 1.165) is 5.75 Å². The van der Waals surface area contributed by atoms with Gasteiger partial charge in [-0.3, -0.25) is 0 Å². The molecular weight excluding hydrogens is 232 g/mol. The largest absolute Gasteiger partial charge is 0.0841 e. The van der Waals surface area contributed by atoms with Crippen molar-refractivity contribution < 1.29 is 0 Å². The summed E-state index contributed by atoms with van der Waals surface area (Å²) in [4.78, 5) is 1.39. The molecule has 0 bridgehead atoms. The Morgan fingerprint density at radius 3 is 2.62 bits per heavy atom. The van der Waals surface area contributed by atoms with E-state index in [2.05, 4.69) is 48.5 Å². The molecule has 0 spiro atoms. The summed E-state index contributed by atoms with van der Waals surface area (Å²) in [7, 11) is 3.79. The Morgan fingerprint density at radius 2 is 1.81 bits per heavy atom. The van der Waals surface area contributed by atoms with Crippen LogP contribution in [0.5, 0.6) is 0 Å². The van der Waals surface area contributed by atoms with Crippen LogP contribution in [0, 0.1) is 0 Å². The molecule has 0 fully saturated rings. The highest BCUT2D eigenvalue weighted by atomic mass is 33.1. The number of benzene rings is 2. The van der Waals surface area contributed by atoms with Crippen LogP contribution >= 0.6 is 21.6 Å². The molecule has 0 nitrogen and oxygen atoms in total. The van der Waals surface area contributed by atoms with Crippen LogP contribution in [0.15, 0.2) is 53.4 Å². The predicted octanol–water partition coefficient (Wildman–Crippen LogP) is 4.53. The standard InChI is InChI=1S/C14H12S2/c1-2-4-11(5-3-1)10-15-16-14-7-6-12-8-13(12)9-14/h1-7,9H,8,10H2. The summed E-state index contributed by atoms with van der Waals surface area (Å²) in [6.45, 7) is 0. The minimum absolute atomic E-state index is 1.07. The Hall–Kier alpha value is -0.860. The van der Waals surface area contributed by atoms with Crippen LogP contribution in [-0.2, 0) is 12.2 Å². The number of rotatable bonds is 4. The zero-order valence-corrected chi connectivity index (χ0v) is 10.5. The maximum absolute atomic E-state index is 2.32. The maximum atomic E-state index is 2.32. The van der Waals surface area contributed by atoms with Crippen molar-refractivity contribution in [3.8, 4) is 0 Å². The molecule has 2 heteroatoms. The van der Waals surface area contributed by atoms with Crippen LogP contribution in [0.3, 0.4) is 0 Å². The average molecular weight is 244 g/mol. The molecule has 2 aromatic carbocycles. The van der Waals surface area contributed by atoms with Gasteiger partial charge in [0.1, 0.15) is 0 Å². The molecule has 0 atom stereocenters. The SMILES string of the molecule is c1ccc(CSSc2ccc3c(c2)C3)cc1. The molecular formula is C14H12S2. The van der Waals surface area contributed by atoms with Crippen molar-refractivity contribution in [2.75, 3.05) is 0 Å². The van der Waals surface area contributed by atoms with Crippen molar-refractivity contribution in [1.29, 1.82) is 0 Å². The fourth-order valence-corrected chi connectivity index (χ4v) is 3.81. The minimum atomic E-state index is 1.07. The summed E-state index contributed by atoms with van der Waals surface area (Å²) >= 11 is 0. The van der Waals surface area contributed by atoms with Gasteiger partial charge in [0.25, 0.3) is 0 Å². The summed E-state index contributed by atoms with van der Waals surface area (Å²) in [5.41, 5.74) is 4.45. The Labute approximate surface area is 104 Å². The highest BCUT2D eigenvalue weighted by Gasteiger charge is 2.15. The van der Waals surface area contributed by atoms with Crippen LogP contribution in [0.1, 0.15) is 16.7 Å². The van der Waals surface area contributed by atoms with E-state index in [4.69, 9.17) is 0 Å². The average Bonchev–Trinajstić information content (AvgIpc) is 3.09. The van der Waals surface area contributed by atoms with Crippen LogP contribution in [0.4, 0.5) is 0 Å². The molecule has 0 aromatic heterocycles. The number of hydrogen-bond acceptors (Lipinski definition) is 2. The van der Waals surface area contributed by atoms with Crippen LogP contribution in [0.25, 0.3) is 0 Å². The van der Waals surface area contributed by atoms with Gasteiger partial charge in [0, 0.05) is 10.6 Å². The molecule has 3 rings (SSSR count). The summed E-state index contributed by atoms with van der Waals surface area (Å²) in [5, 5.41) is 0. The summed E-state index contributed by atoms with van der Waals surface area (Å²) < 4.78 is 0. The van der Waals surface area contributed by atoms with Crippen molar-refractivity contribution in [2.45, 2.75) is 17.1 Å². The molecule has 0 aliphatic heterocycles. The number of hydrogen-bond donors (Lipinski definition) is 0. The third-order valence-electron chi connectivity index (χ3n) is 2.66. The molecule has 80 valence electrons. The van der Waals surface area contributed by atoms with E-state index in [9.17, 15) is 0 Å². The molecule has 0 amide bonds. The lowest BCUT2D eigenvalue weighted by Crippen LogP contribution is -1.75. The normalized spacial score (nSPS) is 12.2. The van der Waals surface area contributed by atoms with E-state index in [1.165, 1.54) is 28.0 Å². The van der Waals surface area contributed by atoms with Crippen molar-refractivity contribution in [1.82, 2.24) is 0 Å². The van der Waals surface area contributed by atoms with Gasteiger partial charge in [-0.15, -0.1) is 0 Å². The van der Waals surface area contributed by atoms with Gasteiger partial charge < -0.3 is 0 Å². The molecule has 1 aliphatic rings. The summed E-state index contributed by atoms with van der Waals surface area (Å²) in [6.07, 6.45) is 1.21. The van der Waals surface area contributed by atoms with Crippen molar-refractivity contribution in [3.05, 3.63) is 65.2 Å². The second-order valence-corrected chi connectivity index (χ2v) is 6.31. The van der Waals surface area contributed by atoms with Gasteiger partial charge in [-0.25, -0.2) is 0 Å². The smallest absolute Gasteiger partial charge is 0.0292 e. The number of fused-ring (bicyclic) bond motifs is 1. The van der Waals surface area contributed by atoms with E-state index < -0.39 is 0 Å². The zero-order valence-electron chi connectivity index (χ0n) is 8.85. The van der Waals surface area contributed by atoms with E-state index in [-0.39, 0.29) is 0 Å². The van der Waals surface area contributed by atoms with Gasteiger partial charge >= 0.3 is 0 Å². The molecule has 1 aliphatic carbocycles. The topological polar surface area (TPSA) is 0 Å². The first kappa shape index (κ1) is 10.3. The van der Waals surface area contributed by atoms with Crippen molar-refractivity contribution in [2.24, 2.45) is 0 Å². The maximum Gasteiger partial charge on any atom is 0.0292 e. The van der Waals surface area contributed by atoms with Gasteiger partial charge in [0.15, 0.2) is 0 Å². The molecule has 2 aromatic rings. The zero-order chi connectivity index (χ0) is 10.8. The Kier molecular flexibility index (Phi) is 2.94. The predicted molar refractivity (Wildman–Crippen MR) is 72.8 cm³/mol. The Balaban J connectivity index is 1.54. The Bertz CT molecular complexity index is 491. The van der Waals surface area contributed by atoms with E-state index in [0.29, 0.717) is 0 Å². The third kappa shape index (κ3) is 2.45. The molecule has 0 heterocycles. The molecule has 0 N–H and O–H groups in total. The second-order valence-electron chi connectivity index (χ2n) is 3.94. The highest BCUT2D eigenvalue weighted by molar-refractivity contribution is 8.76. The molecule has 0 radical (unpaired) electrons. The Morgan fingerprint density at radius 1 is 0.938 bits per heavy atom. The van der Waals surface area contributed by atoms with Gasteiger partial charge in [0.05, 0.1) is 0 Å². The lowest BCUT2D eigenvalue weighted by atomic mass is 10.2. The van der Waals surface area contributed by atoms with Crippen molar-refractivity contribution >= 4 is 21.6 Å². The molecule has 0 saturated heterocycles. The second kappa shape index (κ2) is 4.56. The molecule has 0 unspecified atom stereocenters. The van der Waals surface area contributed by atoms with E-state index in [1.807, 2.05) is 21.6 Å². The highest BCUT2D eigenvalue weighted by Crippen LogP contribution is 2.38. The summed E-state index contributed by atoms with van der Waals surface area (Å²) in [5.74, 6) is 1.07. The van der Waals surface area contributed by atoms with Gasteiger partial charge in [-0.05, 0) is 35.2 Å². The summed E-state index contributed by atoms with van der Waals surface area (Å²) in [6, 6.07) is 17.4. The van der Waals surface area contributed by atoms with Crippen molar-refractivity contribution in [3.63, 3.8) is 0 Å². The molecule has 0 saturated carbocycles. The first-order chi connectivity index (χ1) is 7.92. The molecule has 16 heavy (non-hydrogen) atoms. The lowest BCUT2D eigenvalue weighted by molar-refractivity contribution is 1.43. The van der Waals surface area contributed by atoms with Gasteiger partial charge in [-0.2, -0.15) is 0 Å². The van der Waals surface area contributed by atoms with Crippen LogP contribution < -0.4 is 0 Å². The van der Waals surface area contributed by atoms with E-state index in [1.54, 1.807) is 0 Å². The van der Waals surface area contributed by atoms with Crippen LogP contribution in [-0.4, -0.2) is 0 Å². The van der Waals surface area contributed by atoms with Gasteiger partial charge in [0.2, 0.25) is 0 Å². The van der Waals surface area contributed by atoms with Crippen LogP contribution in [0.2, 0.25) is 0 Å². The third-order valence-corrected chi connectivity index (χ3v) is 4.96. The van der Waals surface area contributed by atoms with E-state index >= 15 is 0 Å². The minimum Gasteiger partial charge on any atom is -0.0841 e.